The van der Waals surface area contributed by atoms with Crippen molar-refractivity contribution < 1.29 is 9.90 Å². The van der Waals surface area contributed by atoms with E-state index in [1.807, 2.05) is 17.8 Å². The number of anilines is 1. The van der Waals surface area contributed by atoms with Crippen molar-refractivity contribution in [1.29, 1.82) is 0 Å². The molecule has 2 unspecified atom stereocenters. The highest BCUT2D eigenvalue weighted by atomic mass is 16.3. The van der Waals surface area contributed by atoms with E-state index in [0.29, 0.717) is 18.7 Å². The Labute approximate surface area is 122 Å². The number of amides is 1. The molecule has 0 aliphatic heterocycles. The molecular weight excluding hydrogens is 270 g/mol. The number of aromatic nitrogens is 4. The number of carbonyl (C=O) groups excluding carboxylic acids is 1. The first-order valence-corrected chi connectivity index (χ1v) is 7.03. The van der Waals surface area contributed by atoms with Crippen LogP contribution in [-0.4, -0.2) is 36.9 Å². The summed E-state index contributed by atoms with van der Waals surface area (Å²) in [5.74, 6) is 0.999. The second-order valence-electron chi connectivity index (χ2n) is 5.81. The Hall–Kier alpha value is -2.15. The van der Waals surface area contributed by atoms with Gasteiger partial charge in [-0.3, -0.25) is 9.89 Å². The third-order valence-electron chi connectivity index (χ3n) is 4.31. The molecule has 1 saturated carbocycles. The normalized spacial score (nSPS) is 25.2. The summed E-state index contributed by atoms with van der Waals surface area (Å²) in [6.07, 6.45) is 5.17. The number of aryl methyl sites for hydroxylation is 1. The van der Waals surface area contributed by atoms with Crippen LogP contribution in [0, 0.1) is 5.41 Å². The summed E-state index contributed by atoms with van der Waals surface area (Å²) in [6, 6.07) is 1.74. The highest BCUT2D eigenvalue weighted by Gasteiger charge is 2.44. The van der Waals surface area contributed by atoms with E-state index < -0.39 is 11.5 Å². The third kappa shape index (κ3) is 2.33. The number of hydrogen-bond donors (Lipinski definition) is 3. The predicted molar refractivity (Wildman–Crippen MR) is 77.4 cm³/mol. The molecule has 1 fully saturated rings. The zero-order chi connectivity index (χ0) is 15.0. The van der Waals surface area contributed by atoms with Crippen LogP contribution in [0.15, 0.2) is 18.5 Å². The average molecular weight is 289 g/mol. The summed E-state index contributed by atoms with van der Waals surface area (Å²) in [5.41, 5.74) is -0.00238. The second kappa shape index (κ2) is 5.00. The minimum Gasteiger partial charge on any atom is -0.392 e. The van der Waals surface area contributed by atoms with Gasteiger partial charge in [-0.1, -0.05) is 0 Å². The summed E-state index contributed by atoms with van der Waals surface area (Å²) < 4.78 is 1.86. The number of aliphatic hydroxyl groups is 1. The van der Waals surface area contributed by atoms with Gasteiger partial charge in [-0.25, -0.2) is 4.98 Å². The van der Waals surface area contributed by atoms with Crippen LogP contribution in [0.3, 0.4) is 0 Å². The minimum absolute atomic E-state index is 0.189. The van der Waals surface area contributed by atoms with Gasteiger partial charge >= 0.3 is 0 Å². The Morgan fingerprint density at radius 3 is 3.05 bits per heavy atom. The fraction of sp³-hybridized carbons (Fsp3) is 0.500. The Balaban J connectivity index is 1.76. The molecule has 2 heterocycles. The van der Waals surface area contributed by atoms with Gasteiger partial charge in [-0.15, -0.1) is 0 Å². The first kappa shape index (κ1) is 13.8. The lowest BCUT2D eigenvalue weighted by atomic mass is 9.85. The lowest BCUT2D eigenvalue weighted by Gasteiger charge is -2.25. The monoisotopic (exact) mass is 289 g/mol. The van der Waals surface area contributed by atoms with Crippen LogP contribution in [-0.2, 0) is 11.8 Å². The van der Waals surface area contributed by atoms with Gasteiger partial charge in [0.25, 0.3) is 0 Å². The number of hydrogen-bond acceptors (Lipinski definition) is 4. The summed E-state index contributed by atoms with van der Waals surface area (Å²) in [6.45, 7) is 1.80. The van der Waals surface area contributed by atoms with Gasteiger partial charge in [0.05, 0.1) is 11.5 Å². The number of rotatable bonds is 3. The van der Waals surface area contributed by atoms with Crippen molar-refractivity contribution in [3.05, 3.63) is 18.5 Å². The molecule has 1 amide bonds. The maximum Gasteiger partial charge on any atom is 0.234 e. The van der Waals surface area contributed by atoms with Gasteiger partial charge in [-0.2, -0.15) is 5.10 Å². The van der Waals surface area contributed by atoms with Crippen molar-refractivity contribution in [3.63, 3.8) is 0 Å². The lowest BCUT2D eigenvalue weighted by Crippen LogP contribution is -2.39. The van der Waals surface area contributed by atoms with Gasteiger partial charge in [0, 0.05) is 25.5 Å². The van der Waals surface area contributed by atoms with E-state index in [4.69, 9.17) is 0 Å². The Morgan fingerprint density at radius 1 is 1.62 bits per heavy atom. The molecule has 3 N–H and O–H groups in total. The van der Waals surface area contributed by atoms with E-state index in [9.17, 15) is 9.90 Å². The zero-order valence-corrected chi connectivity index (χ0v) is 12.1. The number of imidazole rings is 1. The Kier molecular flexibility index (Phi) is 3.29. The van der Waals surface area contributed by atoms with E-state index in [-0.39, 0.29) is 5.91 Å². The zero-order valence-electron chi connectivity index (χ0n) is 12.1. The average Bonchev–Trinajstić information content (AvgIpc) is 3.13. The molecule has 2 aromatic rings. The maximum absolute atomic E-state index is 12.4. The van der Waals surface area contributed by atoms with Gasteiger partial charge in [0.1, 0.15) is 5.69 Å². The molecule has 0 bridgehead atoms. The van der Waals surface area contributed by atoms with Gasteiger partial charge in [0.15, 0.2) is 11.6 Å². The van der Waals surface area contributed by atoms with Crippen molar-refractivity contribution in [2.45, 2.75) is 32.3 Å². The summed E-state index contributed by atoms with van der Waals surface area (Å²) in [7, 11) is 1.89. The molecule has 1 aliphatic rings. The smallest absolute Gasteiger partial charge is 0.234 e. The van der Waals surface area contributed by atoms with E-state index in [2.05, 4.69) is 20.5 Å². The van der Waals surface area contributed by atoms with E-state index >= 15 is 0 Å². The van der Waals surface area contributed by atoms with Crippen LogP contribution in [0.1, 0.15) is 26.2 Å². The van der Waals surface area contributed by atoms with Gasteiger partial charge in [0.2, 0.25) is 5.91 Å². The number of aliphatic hydroxyl groups excluding tert-OH is 1. The predicted octanol–water partition coefficient (Wildman–Crippen LogP) is 1.30. The molecule has 0 spiro atoms. The fourth-order valence-corrected chi connectivity index (χ4v) is 2.80. The molecule has 0 radical (unpaired) electrons. The van der Waals surface area contributed by atoms with Crippen LogP contribution in [0.2, 0.25) is 0 Å². The van der Waals surface area contributed by atoms with E-state index in [0.717, 1.165) is 17.9 Å². The molecule has 3 rings (SSSR count). The number of nitrogens with one attached hydrogen (secondary N) is 2. The molecule has 7 nitrogen and oxygen atoms in total. The minimum atomic E-state index is -0.734. The van der Waals surface area contributed by atoms with Crippen LogP contribution >= 0.6 is 0 Å². The summed E-state index contributed by atoms with van der Waals surface area (Å²) >= 11 is 0. The van der Waals surface area contributed by atoms with Crippen molar-refractivity contribution >= 4 is 11.7 Å². The Morgan fingerprint density at radius 2 is 2.43 bits per heavy atom. The fourth-order valence-electron chi connectivity index (χ4n) is 2.80. The van der Waals surface area contributed by atoms with Crippen LogP contribution < -0.4 is 5.32 Å². The van der Waals surface area contributed by atoms with Crippen molar-refractivity contribution in [1.82, 2.24) is 19.7 Å². The second-order valence-corrected chi connectivity index (χ2v) is 5.81. The quantitative estimate of drug-likeness (QED) is 0.793. The lowest BCUT2D eigenvalue weighted by molar-refractivity contribution is -0.129. The summed E-state index contributed by atoms with van der Waals surface area (Å²) in [5, 5.41) is 19.7. The molecular formula is C14H19N5O2. The SMILES string of the molecule is Cn1ccnc1-c1cc(NC(=O)C2(C)CCCC2O)n[nH]1. The standard InChI is InChI=1S/C14H19N5O2/c1-14(5-3-4-10(14)20)13(21)16-11-8-9(17-18-11)12-15-6-7-19(12)2/h6-8,10,20H,3-5H2,1-2H3,(H2,16,17,18,21). The number of carbonyl (C=O) groups is 1. The molecule has 1 aliphatic carbocycles. The third-order valence-corrected chi connectivity index (χ3v) is 4.31. The maximum atomic E-state index is 12.4. The van der Waals surface area contributed by atoms with Gasteiger partial charge in [-0.05, 0) is 26.2 Å². The number of H-pyrrole nitrogens is 1. The molecule has 2 aromatic heterocycles. The Bertz CT molecular complexity index is 662. The molecule has 7 heteroatoms. The first-order valence-electron chi connectivity index (χ1n) is 7.03. The molecule has 112 valence electrons. The number of aromatic amines is 1. The largest absolute Gasteiger partial charge is 0.392 e. The molecule has 21 heavy (non-hydrogen) atoms. The molecule has 2 atom stereocenters. The highest BCUT2D eigenvalue weighted by Crippen LogP contribution is 2.38. The first-order chi connectivity index (χ1) is 10.0. The van der Waals surface area contributed by atoms with Gasteiger partial charge < -0.3 is 15.0 Å². The van der Waals surface area contributed by atoms with Crippen LogP contribution in [0.25, 0.3) is 11.5 Å². The van der Waals surface area contributed by atoms with Crippen molar-refractivity contribution in [2.24, 2.45) is 12.5 Å². The van der Waals surface area contributed by atoms with Crippen LogP contribution in [0.4, 0.5) is 5.82 Å². The van der Waals surface area contributed by atoms with Crippen molar-refractivity contribution in [2.75, 3.05) is 5.32 Å². The molecule has 0 aromatic carbocycles. The van der Waals surface area contributed by atoms with E-state index in [1.165, 1.54) is 0 Å². The van der Waals surface area contributed by atoms with Crippen LogP contribution in [0.5, 0.6) is 0 Å². The van der Waals surface area contributed by atoms with E-state index in [1.54, 1.807) is 19.2 Å². The summed E-state index contributed by atoms with van der Waals surface area (Å²) in [4.78, 5) is 16.6. The topological polar surface area (TPSA) is 95.8 Å². The highest BCUT2D eigenvalue weighted by molar-refractivity contribution is 5.95. The number of nitrogens with zero attached hydrogens (tertiary/aromatic N) is 3. The molecule has 0 saturated heterocycles. The van der Waals surface area contributed by atoms with Crippen molar-refractivity contribution in [3.8, 4) is 11.5 Å².